The van der Waals surface area contributed by atoms with E-state index in [1.54, 1.807) is 7.11 Å². The van der Waals surface area contributed by atoms with Crippen molar-refractivity contribution in [2.45, 2.75) is 39.0 Å². The van der Waals surface area contributed by atoms with Gasteiger partial charge in [-0.15, -0.1) is 0 Å². The monoisotopic (exact) mass is 306 g/mol. The molecular formula is C17H26N2O3. The molecule has 0 spiro atoms. The number of nitrogens with zero attached hydrogens (tertiary/aromatic N) is 1. The highest BCUT2D eigenvalue weighted by atomic mass is 16.5. The van der Waals surface area contributed by atoms with Gasteiger partial charge in [0.1, 0.15) is 12.1 Å². The van der Waals surface area contributed by atoms with Gasteiger partial charge >= 0.3 is 0 Å². The molecule has 3 unspecified atom stereocenters. The van der Waals surface area contributed by atoms with Gasteiger partial charge in [0.2, 0.25) is 5.91 Å². The Morgan fingerprint density at radius 2 is 2.23 bits per heavy atom. The first-order valence-electron chi connectivity index (χ1n) is 7.67. The maximum atomic E-state index is 12.5. The first kappa shape index (κ1) is 16.9. The second-order valence-corrected chi connectivity index (χ2v) is 6.08. The number of benzene rings is 1. The van der Waals surface area contributed by atoms with Crippen molar-refractivity contribution >= 4 is 5.91 Å². The van der Waals surface area contributed by atoms with Crippen LogP contribution >= 0.6 is 0 Å². The van der Waals surface area contributed by atoms with Crippen LogP contribution in [-0.4, -0.2) is 49.8 Å². The van der Waals surface area contributed by atoms with E-state index >= 15 is 0 Å². The number of rotatable bonds is 4. The smallest absolute Gasteiger partial charge is 0.242 e. The molecule has 2 N–H and O–H groups in total. The van der Waals surface area contributed by atoms with Gasteiger partial charge in [-0.2, -0.15) is 0 Å². The number of hydrogen-bond donors (Lipinski definition) is 1. The summed E-state index contributed by atoms with van der Waals surface area (Å²) in [7, 11) is 1.55. The van der Waals surface area contributed by atoms with Gasteiger partial charge < -0.3 is 20.1 Å². The minimum Gasteiger partial charge on any atom is -0.383 e. The number of carbonyl (C=O) groups excluding carboxylic acids is 1. The van der Waals surface area contributed by atoms with E-state index in [1.807, 2.05) is 11.8 Å². The molecule has 0 saturated carbocycles. The van der Waals surface area contributed by atoms with Gasteiger partial charge in [-0.25, -0.2) is 0 Å². The molecule has 1 fully saturated rings. The van der Waals surface area contributed by atoms with E-state index in [9.17, 15) is 4.79 Å². The number of carbonyl (C=O) groups is 1. The zero-order chi connectivity index (χ0) is 16.3. The lowest BCUT2D eigenvalue weighted by Crippen LogP contribution is -2.54. The minimum atomic E-state index is -0.621. The van der Waals surface area contributed by atoms with Crippen molar-refractivity contribution in [3.05, 3.63) is 34.9 Å². The lowest BCUT2D eigenvalue weighted by molar-refractivity contribution is -0.147. The first-order valence-corrected chi connectivity index (χ1v) is 7.67. The van der Waals surface area contributed by atoms with E-state index in [4.69, 9.17) is 15.2 Å². The SMILES string of the molecule is COCC(N)C(=O)N1CC(c2cc(C)ccc2C)OCC1C. The molecule has 122 valence electrons. The number of hydrogen-bond acceptors (Lipinski definition) is 4. The van der Waals surface area contributed by atoms with Crippen molar-refractivity contribution in [1.82, 2.24) is 4.90 Å². The van der Waals surface area contributed by atoms with E-state index in [2.05, 4.69) is 32.0 Å². The molecule has 1 aromatic rings. The van der Waals surface area contributed by atoms with E-state index in [0.717, 1.165) is 5.56 Å². The zero-order valence-corrected chi connectivity index (χ0v) is 13.8. The van der Waals surface area contributed by atoms with Crippen LogP contribution in [0.2, 0.25) is 0 Å². The van der Waals surface area contributed by atoms with Crippen molar-refractivity contribution in [2.24, 2.45) is 5.73 Å². The fourth-order valence-corrected chi connectivity index (χ4v) is 2.82. The molecule has 0 aliphatic carbocycles. The number of methoxy groups -OCH3 is 1. The van der Waals surface area contributed by atoms with Crippen LogP contribution in [0.1, 0.15) is 29.7 Å². The van der Waals surface area contributed by atoms with Crippen molar-refractivity contribution < 1.29 is 14.3 Å². The van der Waals surface area contributed by atoms with Gasteiger partial charge in [-0.05, 0) is 31.9 Å². The molecule has 0 aromatic heterocycles. The van der Waals surface area contributed by atoms with Crippen molar-refractivity contribution in [3.8, 4) is 0 Å². The highest BCUT2D eigenvalue weighted by Crippen LogP contribution is 2.28. The van der Waals surface area contributed by atoms with Gasteiger partial charge in [-0.1, -0.05) is 23.8 Å². The van der Waals surface area contributed by atoms with Gasteiger partial charge in [-0.3, -0.25) is 4.79 Å². The molecule has 0 bridgehead atoms. The molecule has 1 amide bonds. The molecule has 1 saturated heterocycles. The molecule has 1 heterocycles. The van der Waals surface area contributed by atoms with Crippen LogP contribution in [0.4, 0.5) is 0 Å². The van der Waals surface area contributed by atoms with Crippen LogP contribution in [0.25, 0.3) is 0 Å². The van der Waals surface area contributed by atoms with Crippen LogP contribution in [0.5, 0.6) is 0 Å². The van der Waals surface area contributed by atoms with Crippen LogP contribution in [0.15, 0.2) is 18.2 Å². The van der Waals surface area contributed by atoms with Crippen LogP contribution in [-0.2, 0) is 14.3 Å². The first-order chi connectivity index (χ1) is 10.4. The van der Waals surface area contributed by atoms with E-state index in [1.165, 1.54) is 11.1 Å². The minimum absolute atomic E-state index is 0.0248. The lowest BCUT2D eigenvalue weighted by atomic mass is 9.98. The third-order valence-corrected chi connectivity index (χ3v) is 4.16. The topological polar surface area (TPSA) is 64.8 Å². The van der Waals surface area contributed by atoms with Crippen molar-refractivity contribution in [1.29, 1.82) is 0 Å². The molecule has 22 heavy (non-hydrogen) atoms. The fourth-order valence-electron chi connectivity index (χ4n) is 2.82. The fraction of sp³-hybridized carbons (Fsp3) is 0.588. The number of ether oxygens (including phenoxy) is 2. The Kier molecular flexibility index (Phi) is 5.56. The summed E-state index contributed by atoms with van der Waals surface area (Å²) >= 11 is 0. The summed E-state index contributed by atoms with van der Waals surface area (Å²) in [5.74, 6) is -0.0760. The van der Waals surface area contributed by atoms with Crippen LogP contribution < -0.4 is 5.73 Å². The average Bonchev–Trinajstić information content (AvgIpc) is 2.50. The Hall–Kier alpha value is -1.43. The van der Waals surface area contributed by atoms with E-state index < -0.39 is 6.04 Å². The zero-order valence-electron chi connectivity index (χ0n) is 13.8. The molecule has 3 atom stereocenters. The lowest BCUT2D eigenvalue weighted by Gasteiger charge is -2.39. The van der Waals surface area contributed by atoms with E-state index in [0.29, 0.717) is 13.2 Å². The average molecular weight is 306 g/mol. The molecule has 1 aliphatic rings. The molecule has 1 aromatic carbocycles. The van der Waals surface area contributed by atoms with Gasteiger partial charge in [0.15, 0.2) is 0 Å². The maximum Gasteiger partial charge on any atom is 0.242 e. The quantitative estimate of drug-likeness (QED) is 0.917. The summed E-state index contributed by atoms with van der Waals surface area (Å²) in [5, 5.41) is 0. The van der Waals surface area contributed by atoms with Gasteiger partial charge in [0.25, 0.3) is 0 Å². The third kappa shape index (κ3) is 3.66. The van der Waals surface area contributed by atoms with Gasteiger partial charge in [0.05, 0.1) is 25.8 Å². The number of nitrogens with two attached hydrogens (primary N) is 1. The number of aryl methyl sites for hydroxylation is 2. The number of morpholine rings is 1. The highest BCUT2D eigenvalue weighted by molar-refractivity contribution is 5.82. The molecule has 2 rings (SSSR count). The van der Waals surface area contributed by atoms with Crippen LogP contribution in [0.3, 0.4) is 0 Å². The van der Waals surface area contributed by atoms with Crippen molar-refractivity contribution in [3.63, 3.8) is 0 Å². The van der Waals surface area contributed by atoms with Gasteiger partial charge in [0, 0.05) is 7.11 Å². The standard InChI is InChI=1S/C17H26N2O3/c1-11-5-6-12(2)14(7-11)16-8-19(13(3)9-22-16)17(20)15(18)10-21-4/h5-7,13,15-16H,8-10,18H2,1-4H3. The van der Waals surface area contributed by atoms with Crippen LogP contribution in [0, 0.1) is 13.8 Å². The Morgan fingerprint density at radius 3 is 2.91 bits per heavy atom. The predicted molar refractivity (Wildman–Crippen MR) is 85.6 cm³/mol. The summed E-state index contributed by atoms with van der Waals surface area (Å²) < 4.78 is 11.0. The summed E-state index contributed by atoms with van der Waals surface area (Å²) in [4.78, 5) is 14.3. The maximum absolute atomic E-state index is 12.5. The Bertz CT molecular complexity index is 533. The molecule has 5 nitrogen and oxygen atoms in total. The molecule has 1 aliphatic heterocycles. The van der Waals surface area contributed by atoms with Crippen molar-refractivity contribution in [2.75, 3.05) is 26.9 Å². The molecular weight excluding hydrogens is 280 g/mol. The van der Waals surface area contributed by atoms with E-state index in [-0.39, 0.29) is 24.7 Å². The second kappa shape index (κ2) is 7.22. The molecule has 0 radical (unpaired) electrons. The molecule has 5 heteroatoms. The highest BCUT2D eigenvalue weighted by Gasteiger charge is 2.33. The summed E-state index contributed by atoms with van der Waals surface area (Å²) in [6.07, 6.45) is -0.102. The summed E-state index contributed by atoms with van der Waals surface area (Å²) in [6, 6.07) is 5.71. The summed E-state index contributed by atoms with van der Waals surface area (Å²) in [5.41, 5.74) is 9.42. The number of amides is 1. The predicted octanol–water partition coefficient (Wildman–Crippen LogP) is 1.57. The Morgan fingerprint density at radius 1 is 1.50 bits per heavy atom. The Balaban J connectivity index is 2.17. The normalized spacial score (nSPS) is 23.4. The third-order valence-electron chi connectivity index (χ3n) is 4.16. The second-order valence-electron chi connectivity index (χ2n) is 6.08. The summed E-state index contributed by atoms with van der Waals surface area (Å²) in [6.45, 7) is 7.39. The largest absolute Gasteiger partial charge is 0.383 e. The Labute approximate surface area is 132 Å².